The van der Waals surface area contributed by atoms with Gasteiger partial charge in [-0.1, -0.05) is 24.8 Å². The number of thioether (sulfide) groups is 1. The first-order valence-electron chi connectivity index (χ1n) is 9.01. The van der Waals surface area contributed by atoms with E-state index in [1.165, 1.54) is 11.8 Å². The number of benzene rings is 2. The minimum absolute atomic E-state index is 0.0610. The molecule has 0 aliphatic rings. The molecule has 1 aromatic heterocycles. The standard InChI is InChI=1S/C20H21N5O3S/c1-4-19(27)21-15-8-6-14(7-9-15)17(26)12-29-20-22-23-24-25(20)16-11-13(2)5-10-18(16)28-3/h5-11H,4,12H2,1-3H3,(H,21,27). The Bertz CT molecular complexity index is 1020. The van der Waals surface area contributed by atoms with Crippen LogP contribution in [-0.4, -0.2) is 44.8 Å². The van der Waals surface area contributed by atoms with Crippen LogP contribution in [0.1, 0.15) is 29.3 Å². The number of nitrogens with zero attached hydrogens (tertiary/aromatic N) is 4. The molecular formula is C20H21N5O3S. The number of hydrogen-bond acceptors (Lipinski definition) is 7. The molecule has 0 radical (unpaired) electrons. The average molecular weight is 411 g/mol. The number of anilines is 1. The Morgan fingerprint density at radius 2 is 1.93 bits per heavy atom. The summed E-state index contributed by atoms with van der Waals surface area (Å²) in [5.41, 5.74) is 2.97. The molecule has 1 heterocycles. The molecule has 9 heteroatoms. The number of carbonyl (C=O) groups is 2. The summed E-state index contributed by atoms with van der Waals surface area (Å²) in [7, 11) is 1.58. The predicted molar refractivity (Wildman–Crippen MR) is 111 cm³/mol. The van der Waals surface area contributed by atoms with Crippen molar-refractivity contribution in [1.82, 2.24) is 20.2 Å². The lowest BCUT2D eigenvalue weighted by Gasteiger charge is -2.10. The summed E-state index contributed by atoms with van der Waals surface area (Å²) in [6.07, 6.45) is 0.401. The summed E-state index contributed by atoms with van der Waals surface area (Å²) in [4.78, 5) is 24.0. The van der Waals surface area contributed by atoms with Gasteiger partial charge >= 0.3 is 0 Å². The molecule has 0 aliphatic carbocycles. The molecule has 0 unspecified atom stereocenters. The Kier molecular flexibility index (Phi) is 6.61. The second kappa shape index (κ2) is 9.33. The highest BCUT2D eigenvalue weighted by atomic mass is 32.2. The Hall–Kier alpha value is -3.20. The van der Waals surface area contributed by atoms with Gasteiger partial charge < -0.3 is 10.1 Å². The summed E-state index contributed by atoms with van der Waals surface area (Å²) in [6.45, 7) is 3.75. The number of rotatable bonds is 8. The smallest absolute Gasteiger partial charge is 0.224 e. The number of methoxy groups -OCH3 is 1. The molecule has 0 aliphatic heterocycles. The van der Waals surface area contributed by atoms with Crippen LogP contribution in [0.3, 0.4) is 0 Å². The van der Waals surface area contributed by atoms with Crippen molar-refractivity contribution in [3.05, 3.63) is 53.6 Å². The Morgan fingerprint density at radius 1 is 1.17 bits per heavy atom. The van der Waals surface area contributed by atoms with Gasteiger partial charge in [-0.25, -0.2) is 0 Å². The summed E-state index contributed by atoms with van der Waals surface area (Å²) >= 11 is 1.25. The second-order valence-electron chi connectivity index (χ2n) is 6.24. The van der Waals surface area contributed by atoms with Crippen LogP contribution in [0.2, 0.25) is 0 Å². The maximum atomic E-state index is 12.5. The molecule has 0 fully saturated rings. The normalized spacial score (nSPS) is 10.6. The van der Waals surface area contributed by atoms with Gasteiger partial charge in [0.25, 0.3) is 0 Å². The van der Waals surface area contributed by atoms with Gasteiger partial charge in [-0.15, -0.1) is 5.10 Å². The number of aryl methyl sites for hydroxylation is 1. The first-order valence-corrected chi connectivity index (χ1v) is 9.99. The number of aromatic nitrogens is 4. The number of hydrogen-bond donors (Lipinski definition) is 1. The van der Waals surface area contributed by atoms with Crippen molar-refractivity contribution in [3.63, 3.8) is 0 Å². The first-order chi connectivity index (χ1) is 14.0. The topological polar surface area (TPSA) is 99.0 Å². The minimum Gasteiger partial charge on any atom is -0.494 e. The summed E-state index contributed by atoms with van der Waals surface area (Å²) < 4.78 is 6.96. The van der Waals surface area contributed by atoms with Crippen molar-refractivity contribution < 1.29 is 14.3 Å². The quantitative estimate of drug-likeness (QED) is 0.448. The molecule has 1 N–H and O–H groups in total. The maximum Gasteiger partial charge on any atom is 0.224 e. The van der Waals surface area contributed by atoms with Crippen molar-refractivity contribution in [1.29, 1.82) is 0 Å². The van der Waals surface area contributed by atoms with E-state index in [1.54, 1.807) is 43.0 Å². The number of carbonyl (C=O) groups excluding carboxylic acids is 2. The molecule has 0 saturated carbocycles. The molecule has 0 saturated heterocycles. The van der Waals surface area contributed by atoms with E-state index in [2.05, 4.69) is 20.8 Å². The van der Waals surface area contributed by atoms with E-state index < -0.39 is 0 Å². The third-order valence-corrected chi connectivity index (χ3v) is 5.07. The molecule has 1 amide bonds. The Balaban J connectivity index is 1.70. The number of ether oxygens (including phenoxy) is 1. The molecule has 0 atom stereocenters. The molecule has 0 bridgehead atoms. The van der Waals surface area contributed by atoms with E-state index >= 15 is 0 Å². The summed E-state index contributed by atoms with van der Waals surface area (Å²) in [6, 6.07) is 12.5. The number of ketones is 1. The van der Waals surface area contributed by atoms with Crippen LogP contribution < -0.4 is 10.1 Å². The minimum atomic E-state index is -0.0713. The fourth-order valence-corrected chi connectivity index (χ4v) is 3.37. The highest BCUT2D eigenvalue weighted by molar-refractivity contribution is 7.99. The fraction of sp³-hybridized carbons (Fsp3) is 0.250. The van der Waals surface area contributed by atoms with Crippen LogP contribution in [0.4, 0.5) is 5.69 Å². The van der Waals surface area contributed by atoms with Crippen molar-refractivity contribution >= 4 is 29.1 Å². The van der Waals surface area contributed by atoms with Gasteiger partial charge in [-0.05, 0) is 59.3 Å². The average Bonchev–Trinajstić information content (AvgIpc) is 3.20. The molecule has 0 spiro atoms. The predicted octanol–water partition coefficient (Wildman–Crippen LogP) is 3.30. The molecular weight excluding hydrogens is 390 g/mol. The third kappa shape index (κ3) is 5.00. The van der Waals surface area contributed by atoms with Crippen molar-refractivity contribution in [3.8, 4) is 11.4 Å². The van der Waals surface area contributed by atoms with Crippen LogP contribution in [0, 0.1) is 6.92 Å². The van der Waals surface area contributed by atoms with E-state index in [1.807, 2.05) is 25.1 Å². The molecule has 29 heavy (non-hydrogen) atoms. The molecule has 3 rings (SSSR count). The van der Waals surface area contributed by atoms with E-state index in [4.69, 9.17) is 4.74 Å². The zero-order valence-corrected chi connectivity index (χ0v) is 17.2. The highest BCUT2D eigenvalue weighted by Crippen LogP contribution is 2.27. The molecule has 150 valence electrons. The Labute approximate surface area is 172 Å². The monoisotopic (exact) mass is 411 g/mol. The maximum absolute atomic E-state index is 12.5. The lowest BCUT2D eigenvalue weighted by molar-refractivity contribution is -0.115. The second-order valence-corrected chi connectivity index (χ2v) is 7.18. The van der Waals surface area contributed by atoms with Crippen LogP contribution in [0.25, 0.3) is 5.69 Å². The van der Waals surface area contributed by atoms with Crippen LogP contribution >= 0.6 is 11.8 Å². The molecule has 3 aromatic rings. The largest absolute Gasteiger partial charge is 0.494 e. The number of amides is 1. The van der Waals surface area contributed by atoms with Gasteiger partial charge in [-0.2, -0.15) is 4.68 Å². The highest BCUT2D eigenvalue weighted by Gasteiger charge is 2.16. The zero-order valence-electron chi connectivity index (χ0n) is 16.4. The number of nitrogens with one attached hydrogen (secondary N) is 1. The molecule has 8 nitrogen and oxygen atoms in total. The van der Waals surface area contributed by atoms with E-state index in [0.717, 1.165) is 5.56 Å². The first kappa shape index (κ1) is 20.5. The SMILES string of the molecule is CCC(=O)Nc1ccc(C(=O)CSc2nnnn2-c2cc(C)ccc2OC)cc1. The van der Waals surface area contributed by atoms with E-state index in [-0.39, 0.29) is 17.4 Å². The van der Waals surface area contributed by atoms with E-state index in [0.29, 0.717) is 34.3 Å². The Morgan fingerprint density at radius 3 is 2.62 bits per heavy atom. The zero-order chi connectivity index (χ0) is 20.8. The van der Waals surface area contributed by atoms with Gasteiger partial charge in [-0.3, -0.25) is 9.59 Å². The van der Waals surface area contributed by atoms with Crippen LogP contribution in [-0.2, 0) is 4.79 Å². The van der Waals surface area contributed by atoms with Gasteiger partial charge in [0.15, 0.2) is 5.78 Å². The van der Waals surface area contributed by atoms with Gasteiger partial charge in [0.1, 0.15) is 11.4 Å². The number of tetrazole rings is 1. The fourth-order valence-electron chi connectivity index (χ4n) is 2.59. The lowest BCUT2D eigenvalue weighted by Crippen LogP contribution is -2.10. The molecule has 2 aromatic carbocycles. The van der Waals surface area contributed by atoms with Gasteiger partial charge in [0.05, 0.1) is 12.9 Å². The van der Waals surface area contributed by atoms with Gasteiger partial charge in [0.2, 0.25) is 11.1 Å². The van der Waals surface area contributed by atoms with Crippen LogP contribution in [0.5, 0.6) is 5.75 Å². The summed E-state index contributed by atoms with van der Waals surface area (Å²) in [5.74, 6) is 0.683. The van der Waals surface area contributed by atoms with Gasteiger partial charge in [0, 0.05) is 17.7 Å². The van der Waals surface area contributed by atoms with Crippen molar-refractivity contribution in [2.24, 2.45) is 0 Å². The third-order valence-electron chi connectivity index (χ3n) is 4.15. The van der Waals surface area contributed by atoms with Crippen molar-refractivity contribution in [2.45, 2.75) is 25.4 Å². The summed E-state index contributed by atoms with van der Waals surface area (Å²) in [5, 5.41) is 15.1. The number of Topliss-reactive ketones (excluding diaryl/α,β-unsaturated/α-hetero) is 1. The van der Waals surface area contributed by atoms with E-state index in [9.17, 15) is 9.59 Å². The lowest BCUT2D eigenvalue weighted by atomic mass is 10.1. The van der Waals surface area contributed by atoms with Crippen LogP contribution in [0.15, 0.2) is 47.6 Å². The van der Waals surface area contributed by atoms with Crippen molar-refractivity contribution in [2.75, 3.05) is 18.2 Å².